The average Bonchev–Trinajstić information content (AvgIpc) is 2.94. The molecule has 2 aromatic carbocycles. The number of benzene rings is 2. The fourth-order valence-electron chi connectivity index (χ4n) is 4.28. The minimum atomic E-state index is -3.70. The molecule has 0 aromatic heterocycles. The van der Waals surface area contributed by atoms with Gasteiger partial charge in [0.15, 0.2) is 0 Å². The topological polar surface area (TPSA) is 96.0 Å². The molecule has 1 fully saturated rings. The van der Waals surface area contributed by atoms with Crippen LogP contribution < -0.4 is 15.0 Å². The lowest BCUT2D eigenvalue weighted by molar-refractivity contribution is -0.121. The summed E-state index contributed by atoms with van der Waals surface area (Å²) in [4.78, 5) is 28.3. The second-order valence-electron chi connectivity index (χ2n) is 9.11. The molecule has 188 valence electrons. The van der Waals surface area contributed by atoms with Crippen molar-refractivity contribution in [2.45, 2.75) is 48.2 Å². The number of anilines is 2. The third kappa shape index (κ3) is 5.82. The van der Waals surface area contributed by atoms with Crippen LogP contribution in [0.1, 0.15) is 33.1 Å². The predicted molar refractivity (Wildman–Crippen MR) is 138 cm³/mol. The average molecular weight is 518 g/mol. The summed E-state index contributed by atoms with van der Waals surface area (Å²) in [5.41, 5.74) is 1.04. The van der Waals surface area contributed by atoms with Gasteiger partial charge in [-0.05, 0) is 61.2 Å². The maximum Gasteiger partial charge on any atom is 0.244 e. The molecule has 2 aliphatic rings. The van der Waals surface area contributed by atoms with E-state index in [1.165, 1.54) is 21.0 Å². The summed E-state index contributed by atoms with van der Waals surface area (Å²) in [6, 6.07) is 11.8. The number of piperidine rings is 1. The van der Waals surface area contributed by atoms with Crippen molar-refractivity contribution in [2.24, 2.45) is 5.92 Å². The van der Waals surface area contributed by atoms with Crippen LogP contribution in [0, 0.1) is 5.92 Å². The van der Waals surface area contributed by atoms with Crippen molar-refractivity contribution in [3.63, 3.8) is 0 Å². The van der Waals surface area contributed by atoms with Crippen molar-refractivity contribution in [1.29, 1.82) is 0 Å². The Labute approximate surface area is 211 Å². The third-order valence-corrected chi connectivity index (χ3v) is 9.43. The first-order valence-electron chi connectivity index (χ1n) is 11.7. The first-order chi connectivity index (χ1) is 16.7. The van der Waals surface area contributed by atoms with Crippen LogP contribution in [0.2, 0.25) is 0 Å². The molecule has 4 rings (SSSR count). The standard InChI is InChI=1S/C25H31N3O5S2/c1-17-10-12-27(13-11-17)35(31,32)21-8-9-23-22(15-21)28(25(30)14-18(2)34-23)16-24(29)26-19-4-6-20(33-3)7-5-19/h4-9,15,17-18H,10-14,16H2,1-3H3,(H,26,29). The van der Waals surface area contributed by atoms with Crippen molar-refractivity contribution in [3.05, 3.63) is 42.5 Å². The Morgan fingerprint density at radius 3 is 2.46 bits per heavy atom. The maximum absolute atomic E-state index is 13.4. The quantitative estimate of drug-likeness (QED) is 0.623. The molecule has 1 atom stereocenters. The number of thioether (sulfide) groups is 1. The summed E-state index contributed by atoms with van der Waals surface area (Å²) in [6.45, 7) is 4.84. The van der Waals surface area contributed by atoms with Crippen LogP contribution in [0.15, 0.2) is 52.3 Å². The second kappa shape index (κ2) is 10.6. The SMILES string of the molecule is COc1ccc(NC(=O)CN2C(=O)CC(C)Sc3ccc(S(=O)(=O)N4CCC(C)CC4)cc32)cc1. The van der Waals surface area contributed by atoms with E-state index in [2.05, 4.69) is 12.2 Å². The van der Waals surface area contributed by atoms with E-state index in [1.807, 2.05) is 6.92 Å². The van der Waals surface area contributed by atoms with Gasteiger partial charge in [0.1, 0.15) is 12.3 Å². The van der Waals surface area contributed by atoms with E-state index in [9.17, 15) is 18.0 Å². The molecule has 1 saturated heterocycles. The minimum Gasteiger partial charge on any atom is -0.497 e. The molecule has 0 aliphatic carbocycles. The molecule has 0 bridgehead atoms. The van der Waals surface area contributed by atoms with Crippen molar-refractivity contribution in [2.75, 3.05) is 37.0 Å². The highest BCUT2D eigenvalue weighted by Gasteiger charge is 2.32. The van der Waals surface area contributed by atoms with Crippen LogP contribution in [0.5, 0.6) is 5.75 Å². The Balaban J connectivity index is 1.61. The fraction of sp³-hybridized carbons (Fsp3) is 0.440. The Morgan fingerprint density at radius 2 is 1.80 bits per heavy atom. The molecule has 35 heavy (non-hydrogen) atoms. The monoisotopic (exact) mass is 517 g/mol. The van der Waals surface area contributed by atoms with Gasteiger partial charge >= 0.3 is 0 Å². The first-order valence-corrected chi connectivity index (χ1v) is 14.0. The van der Waals surface area contributed by atoms with Gasteiger partial charge in [0.05, 0.1) is 17.7 Å². The van der Waals surface area contributed by atoms with Gasteiger partial charge in [-0.1, -0.05) is 13.8 Å². The Bertz CT molecular complexity index is 1190. The van der Waals surface area contributed by atoms with Crippen LogP contribution in [-0.4, -0.2) is 56.5 Å². The molecule has 0 saturated carbocycles. The third-order valence-electron chi connectivity index (χ3n) is 6.37. The van der Waals surface area contributed by atoms with Crippen LogP contribution in [0.4, 0.5) is 11.4 Å². The zero-order valence-corrected chi connectivity index (χ0v) is 21.8. The smallest absolute Gasteiger partial charge is 0.244 e. The van der Waals surface area contributed by atoms with Crippen molar-refractivity contribution in [3.8, 4) is 5.75 Å². The van der Waals surface area contributed by atoms with Crippen LogP contribution in [0.25, 0.3) is 0 Å². The molecule has 2 aromatic rings. The first kappa shape index (κ1) is 25.5. The lowest BCUT2D eigenvalue weighted by atomic mass is 10.0. The highest BCUT2D eigenvalue weighted by molar-refractivity contribution is 8.00. The van der Waals surface area contributed by atoms with Gasteiger partial charge in [-0.2, -0.15) is 4.31 Å². The van der Waals surface area contributed by atoms with E-state index in [-0.39, 0.29) is 34.9 Å². The normalized spacial score (nSPS) is 19.7. The number of nitrogens with one attached hydrogen (secondary N) is 1. The van der Waals surface area contributed by atoms with Crippen molar-refractivity contribution >= 4 is 45.0 Å². The van der Waals surface area contributed by atoms with E-state index < -0.39 is 10.0 Å². The van der Waals surface area contributed by atoms with E-state index in [1.54, 1.807) is 49.6 Å². The maximum atomic E-state index is 13.4. The van der Waals surface area contributed by atoms with E-state index in [0.717, 1.165) is 17.7 Å². The summed E-state index contributed by atoms with van der Waals surface area (Å²) in [7, 11) is -2.13. The van der Waals surface area contributed by atoms with Crippen molar-refractivity contribution < 1.29 is 22.7 Å². The number of rotatable bonds is 6. The van der Waals surface area contributed by atoms with Gasteiger partial charge in [-0.25, -0.2) is 8.42 Å². The number of fused-ring (bicyclic) bond motifs is 1. The number of amides is 2. The summed E-state index contributed by atoms with van der Waals surface area (Å²) in [6.07, 6.45) is 1.91. The van der Waals surface area contributed by atoms with Crippen LogP contribution in [0.3, 0.4) is 0 Å². The summed E-state index contributed by atoms with van der Waals surface area (Å²) in [5.74, 6) is 0.591. The highest BCUT2D eigenvalue weighted by Crippen LogP contribution is 2.40. The van der Waals surface area contributed by atoms with Gasteiger partial charge in [0.25, 0.3) is 0 Å². The second-order valence-corrected chi connectivity index (χ2v) is 12.5. The molecular weight excluding hydrogens is 486 g/mol. The van der Waals surface area contributed by atoms with Crippen LogP contribution >= 0.6 is 11.8 Å². The van der Waals surface area contributed by atoms with Gasteiger partial charge in [0, 0.05) is 35.3 Å². The number of methoxy groups -OCH3 is 1. The molecular formula is C25H31N3O5S2. The van der Waals surface area contributed by atoms with Crippen molar-refractivity contribution in [1.82, 2.24) is 4.31 Å². The lowest BCUT2D eigenvalue weighted by Gasteiger charge is -2.30. The molecule has 8 nitrogen and oxygen atoms in total. The van der Waals surface area contributed by atoms with Gasteiger partial charge in [-0.3, -0.25) is 9.59 Å². The predicted octanol–water partition coefficient (Wildman–Crippen LogP) is 3.97. The zero-order chi connectivity index (χ0) is 25.2. The van der Waals surface area contributed by atoms with E-state index in [0.29, 0.717) is 36.1 Å². The summed E-state index contributed by atoms with van der Waals surface area (Å²) < 4.78 is 33.4. The fourth-order valence-corrected chi connectivity index (χ4v) is 6.87. The summed E-state index contributed by atoms with van der Waals surface area (Å²) >= 11 is 1.51. The Morgan fingerprint density at radius 1 is 1.11 bits per heavy atom. The summed E-state index contributed by atoms with van der Waals surface area (Å²) in [5, 5.41) is 2.80. The molecule has 1 unspecified atom stereocenters. The largest absolute Gasteiger partial charge is 0.497 e. The van der Waals surface area contributed by atoms with Gasteiger partial charge in [-0.15, -0.1) is 11.8 Å². The number of hydrogen-bond acceptors (Lipinski definition) is 6. The number of nitrogens with zero attached hydrogens (tertiary/aromatic N) is 2. The number of sulfonamides is 1. The van der Waals surface area contributed by atoms with Crippen LogP contribution in [-0.2, 0) is 19.6 Å². The minimum absolute atomic E-state index is 0.00180. The van der Waals surface area contributed by atoms with Gasteiger partial charge in [0.2, 0.25) is 21.8 Å². The Kier molecular flexibility index (Phi) is 7.73. The van der Waals surface area contributed by atoms with E-state index >= 15 is 0 Å². The highest BCUT2D eigenvalue weighted by atomic mass is 32.2. The van der Waals surface area contributed by atoms with Gasteiger partial charge < -0.3 is 15.0 Å². The van der Waals surface area contributed by atoms with E-state index in [4.69, 9.17) is 4.74 Å². The molecule has 1 N–H and O–H groups in total. The number of carbonyl (C=O) groups excluding carboxylic acids is 2. The number of carbonyl (C=O) groups is 2. The number of hydrogen-bond donors (Lipinski definition) is 1. The molecule has 10 heteroatoms. The molecule has 2 amide bonds. The molecule has 0 spiro atoms. The Hall–Kier alpha value is -2.56. The molecule has 2 heterocycles. The lowest BCUT2D eigenvalue weighted by Crippen LogP contribution is -2.39. The molecule has 0 radical (unpaired) electrons. The zero-order valence-electron chi connectivity index (χ0n) is 20.2. The molecule has 2 aliphatic heterocycles. The number of ether oxygens (including phenoxy) is 1.